The van der Waals surface area contributed by atoms with Crippen molar-refractivity contribution in [2.45, 2.75) is 13.1 Å². The van der Waals surface area contributed by atoms with E-state index in [2.05, 4.69) is 20.6 Å². The smallest absolute Gasteiger partial charge is 0.261 e. The number of nitrogens with one attached hydrogen (secondary N) is 1. The molecule has 1 aliphatic rings. The predicted octanol–water partition coefficient (Wildman–Crippen LogP) is 1.46. The molecule has 0 atom stereocenters. The second-order valence-corrected chi connectivity index (χ2v) is 5.04. The molecule has 4 rings (SSSR count). The minimum absolute atomic E-state index is 0.473. The lowest BCUT2D eigenvalue weighted by Gasteiger charge is -2.09. The number of hydrogen-bond acceptors (Lipinski definition) is 6. The third-order valence-corrected chi connectivity index (χ3v) is 3.50. The second-order valence-electron chi connectivity index (χ2n) is 5.04. The highest BCUT2D eigenvalue weighted by Crippen LogP contribution is 2.33. The van der Waals surface area contributed by atoms with Crippen LogP contribution in [-0.2, 0) is 13.1 Å². The zero-order valence-corrected chi connectivity index (χ0v) is 11.9. The molecule has 7 heteroatoms. The number of fused-ring (bicyclic) bond motifs is 1. The van der Waals surface area contributed by atoms with E-state index in [0.717, 1.165) is 30.0 Å². The molecule has 3 aromatic rings. The van der Waals surface area contributed by atoms with Gasteiger partial charge in [0.25, 0.3) is 5.89 Å². The van der Waals surface area contributed by atoms with E-state index in [-0.39, 0.29) is 0 Å². The standard InChI is InChI=1S/C15H15N5O2/c1-3-11-9-16-6-8-21-14(11)12(4-1)15-18-13(19-22-15)10-20-7-2-5-17-20/h1-5,7,16H,6,8-10H2. The van der Waals surface area contributed by atoms with Gasteiger partial charge in [0, 0.05) is 31.0 Å². The van der Waals surface area contributed by atoms with Crippen LogP contribution in [0.3, 0.4) is 0 Å². The maximum atomic E-state index is 5.84. The van der Waals surface area contributed by atoms with E-state index in [1.807, 2.05) is 30.5 Å². The molecule has 22 heavy (non-hydrogen) atoms. The molecule has 0 saturated heterocycles. The molecule has 112 valence electrons. The van der Waals surface area contributed by atoms with Crippen molar-refractivity contribution in [3.63, 3.8) is 0 Å². The van der Waals surface area contributed by atoms with Crippen molar-refractivity contribution in [2.75, 3.05) is 13.2 Å². The number of ether oxygens (including phenoxy) is 1. The third-order valence-electron chi connectivity index (χ3n) is 3.50. The molecule has 3 heterocycles. The number of rotatable bonds is 3. The average molecular weight is 297 g/mol. The monoisotopic (exact) mass is 297 g/mol. The molecule has 0 aliphatic carbocycles. The van der Waals surface area contributed by atoms with Crippen molar-refractivity contribution in [2.24, 2.45) is 0 Å². The molecular formula is C15H15N5O2. The molecule has 1 aliphatic heterocycles. The summed E-state index contributed by atoms with van der Waals surface area (Å²) in [5, 5.41) is 11.5. The molecular weight excluding hydrogens is 282 g/mol. The summed E-state index contributed by atoms with van der Waals surface area (Å²) in [6.45, 7) is 2.70. The lowest BCUT2D eigenvalue weighted by Crippen LogP contribution is -2.16. The molecule has 0 bridgehead atoms. The van der Waals surface area contributed by atoms with Gasteiger partial charge in [-0.3, -0.25) is 4.68 Å². The fraction of sp³-hybridized carbons (Fsp3) is 0.267. The molecule has 0 fully saturated rings. The highest BCUT2D eigenvalue weighted by atomic mass is 16.5. The van der Waals surface area contributed by atoms with Gasteiger partial charge in [0.1, 0.15) is 18.9 Å². The molecule has 0 amide bonds. The lowest BCUT2D eigenvalue weighted by molar-refractivity contribution is 0.325. The van der Waals surface area contributed by atoms with Crippen LogP contribution in [0.2, 0.25) is 0 Å². The van der Waals surface area contributed by atoms with Crippen LogP contribution in [0.25, 0.3) is 11.5 Å². The van der Waals surface area contributed by atoms with Gasteiger partial charge in [-0.1, -0.05) is 17.3 Å². The number of aromatic nitrogens is 4. The summed E-state index contributed by atoms with van der Waals surface area (Å²) < 4.78 is 13.0. The summed E-state index contributed by atoms with van der Waals surface area (Å²) in [5.74, 6) is 1.88. The maximum Gasteiger partial charge on any atom is 0.261 e. The predicted molar refractivity (Wildman–Crippen MR) is 78.3 cm³/mol. The maximum absolute atomic E-state index is 5.84. The number of para-hydroxylation sites is 1. The van der Waals surface area contributed by atoms with Crippen LogP contribution in [-0.4, -0.2) is 33.1 Å². The topological polar surface area (TPSA) is 78.0 Å². The van der Waals surface area contributed by atoms with Gasteiger partial charge in [-0.05, 0) is 12.1 Å². The van der Waals surface area contributed by atoms with Crippen LogP contribution in [0.15, 0.2) is 41.2 Å². The highest BCUT2D eigenvalue weighted by molar-refractivity contribution is 5.65. The highest BCUT2D eigenvalue weighted by Gasteiger charge is 2.18. The summed E-state index contributed by atoms with van der Waals surface area (Å²) in [6, 6.07) is 7.81. The minimum atomic E-state index is 0.473. The fourth-order valence-electron chi connectivity index (χ4n) is 2.48. The molecule has 0 saturated carbocycles. The van der Waals surface area contributed by atoms with E-state index in [9.17, 15) is 0 Å². The van der Waals surface area contributed by atoms with Crippen molar-refractivity contribution in [1.82, 2.24) is 25.2 Å². The van der Waals surface area contributed by atoms with E-state index in [4.69, 9.17) is 9.26 Å². The van der Waals surface area contributed by atoms with E-state index >= 15 is 0 Å². The Bertz CT molecular complexity index is 766. The van der Waals surface area contributed by atoms with Crippen molar-refractivity contribution in [1.29, 1.82) is 0 Å². The van der Waals surface area contributed by atoms with Gasteiger partial charge in [0.15, 0.2) is 5.82 Å². The number of hydrogen-bond donors (Lipinski definition) is 1. The third kappa shape index (κ3) is 2.46. The largest absolute Gasteiger partial charge is 0.491 e. The Labute approximate surface area is 126 Å². The zero-order chi connectivity index (χ0) is 14.8. The first-order valence-electron chi connectivity index (χ1n) is 7.16. The summed E-state index contributed by atoms with van der Waals surface area (Å²) in [7, 11) is 0. The van der Waals surface area contributed by atoms with E-state index < -0.39 is 0 Å². The van der Waals surface area contributed by atoms with Crippen LogP contribution in [0, 0.1) is 0 Å². The van der Waals surface area contributed by atoms with Crippen molar-refractivity contribution in [3.05, 3.63) is 48.0 Å². The molecule has 0 unspecified atom stereocenters. The normalized spacial score (nSPS) is 14.2. The number of nitrogens with zero attached hydrogens (tertiary/aromatic N) is 4. The Balaban J connectivity index is 1.66. The Hall–Kier alpha value is -2.67. The van der Waals surface area contributed by atoms with E-state index in [1.54, 1.807) is 10.9 Å². The molecule has 1 N–H and O–H groups in total. The summed E-state index contributed by atoms with van der Waals surface area (Å²) in [5.41, 5.74) is 1.93. The van der Waals surface area contributed by atoms with Crippen molar-refractivity contribution in [3.8, 4) is 17.2 Å². The first kappa shape index (κ1) is 13.0. The molecule has 7 nitrogen and oxygen atoms in total. The van der Waals surface area contributed by atoms with E-state index in [0.29, 0.717) is 24.9 Å². The molecule has 0 radical (unpaired) electrons. The Morgan fingerprint density at radius 1 is 1.27 bits per heavy atom. The summed E-state index contributed by atoms with van der Waals surface area (Å²) >= 11 is 0. The minimum Gasteiger partial charge on any atom is -0.491 e. The van der Waals surface area contributed by atoms with Crippen molar-refractivity contribution >= 4 is 0 Å². The Morgan fingerprint density at radius 3 is 3.18 bits per heavy atom. The van der Waals surface area contributed by atoms with Crippen LogP contribution in [0.4, 0.5) is 0 Å². The SMILES string of the molecule is c1cc2c(c(-c3nc(Cn4cccn4)no3)c1)OCCNC2. The van der Waals surface area contributed by atoms with Crippen molar-refractivity contribution < 1.29 is 9.26 Å². The molecule has 0 spiro atoms. The first-order chi connectivity index (χ1) is 10.9. The van der Waals surface area contributed by atoms with Gasteiger partial charge < -0.3 is 14.6 Å². The van der Waals surface area contributed by atoms with Crippen LogP contribution >= 0.6 is 0 Å². The van der Waals surface area contributed by atoms with Gasteiger partial charge in [-0.25, -0.2) is 0 Å². The summed E-state index contributed by atoms with van der Waals surface area (Å²) in [6.07, 6.45) is 3.58. The Kier molecular flexibility index (Phi) is 3.32. The molecule has 2 aromatic heterocycles. The van der Waals surface area contributed by atoms with Gasteiger partial charge in [0.05, 0.1) is 5.56 Å². The number of benzene rings is 1. The van der Waals surface area contributed by atoms with Gasteiger partial charge >= 0.3 is 0 Å². The second kappa shape index (κ2) is 5.61. The quantitative estimate of drug-likeness (QED) is 0.788. The fourth-order valence-corrected chi connectivity index (χ4v) is 2.48. The Morgan fingerprint density at radius 2 is 2.27 bits per heavy atom. The van der Waals surface area contributed by atoms with Crippen LogP contribution < -0.4 is 10.1 Å². The zero-order valence-electron chi connectivity index (χ0n) is 11.9. The van der Waals surface area contributed by atoms with E-state index in [1.165, 1.54) is 0 Å². The van der Waals surface area contributed by atoms with Gasteiger partial charge in [0.2, 0.25) is 0 Å². The summed E-state index contributed by atoms with van der Waals surface area (Å²) in [4.78, 5) is 4.46. The van der Waals surface area contributed by atoms with Crippen LogP contribution in [0.5, 0.6) is 5.75 Å². The molecule has 1 aromatic carbocycles. The lowest BCUT2D eigenvalue weighted by atomic mass is 10.1. The average Bonchev–Trinajstić information content (AvgIpc) is 3.15. The van der Waals surface area contributed by atoms with Crippen LogP contribution in [0.1, 0.15) is 11.4 Å². The first-order valence-corrected chi connectivity index (χ1v) is 7.16. The van der Waals surface area contributed by atoms with Gasteiger partial charge in [-0.2, -0.15) is 10.1 Å². The van der Waals surface area contributed by atoms with Gasteiger partial charge in [-0.15, -0.1) is 0 Å².